The van der Waals surface area contributed by atoms with Crippen LogP contribution in [0.1, 0.15) is 46.2 Å². The highest BCUT2D eigenvalue weighted by Crippen LogP contribution is 2.38. The molecule has 154 valence electrons. The van der Waals surface area contributed by atoms with Crippen LogP contribution in [0.2, 0.25) is 0 Å². The Hall–Kier alpha value is -3.12. The molecule has 0 N–H and O–H groups in total. The zero-order chi connectivity index (χ0) is 21.0. The average molecular weight is 403 g/mol. The molecule has 1 aliphatic carbocycles. The van der Waals surface area contributed by atoms with E-state index >= 15 is 0 Å². The summed E-state index contributed by atoms with van der Waals surface area (Å²) in [5.41, 5.74) is 11.6. The van der Waals surface area contributed by atoms with Gasteiger partial charge in [-0.1, -0.05) is 104 Å². The average Bonchev–Trinajstić information content (AvgIpc) is 3.00. The van der Waals surface area contributed by atoms with Crippen molar-refractivity contribution in [2.24, 2.45) is 0 Å². The number of fused-ring (bicyclic) bond motifs is 3. The van der Waals surface area contributed by atoms with Crippen molar-refractivity contribution in [1.82, 2.24) is 0 Å². The van der Waals surface area contributed by atoms with Crippen molar-refractivity contribution in [3.8, 4) is 11.1 Å². The lowest BCUT2D eigenvalue weighted by Crippen LogP contribution is -2.06. The molecule has 31 heavy (non-hydrogen) atoms. The Morgan fingerprint density at radius 3 is 1.97 bits per heavy atom. The van der Waals surface area contributed by atoms with E-state index < -0.39 is 0 Å². The molecule has 0 amide bonds. The van der Waals surface area contributed by atoms with Gasteiger partial charge >= 0.3 is 0 Å². The molecule has 0 aromatic heterocycles. The van der Waals surface area contributed by atoms with Crippen LogP contribution in [0.25, 0.3) is 11.1 Å². The highest BCUT2D eigenvalue weighted by atomic mass is 14.3. The minimum absolute atomic E-state index is 0.526. The van der Waals surface area contributed by atoms with E-state index in [9.17, 15) is 0 Å². The van der Waals surface area contributed by atoms with Gasteiger partial charge in [-0.3, -0.25) is 0 Å². The van der Waals surface area contributed by atoms with Crippen LogP contribution in [0.5, 0.6) is 0 Å². The van der Waals surface area contributed by atoms with Crippen LogP contribution >= 0.6 is 0 Å². The maximum atomic E-state index is 2.44. The zero-order valence-electron chi connectivity index (χ0n) is 18.4. The minimum Gasteiger partial charge on any atom is -0.0622 e. The van der Waals surface area contributed by atoms with Gasteiger partial charge < -0.3 is 0 Å². The predicted octanol–water partition coefficient (Wildman–Crippen LogP) is 7.58. The predicted molar refractivity (Wildman–Crippen MR) is 132 cm³/mol. The summed E-state index contributed by atoms with van der Waals surface area (Å²) in [6.45, 7) is 2.25. The van der Waals surface area contributed by atoms with Crippen LogP contribution in [0.4, 0.5) is 0 Å². The van der Waals surface area contributed by atoms with E-state index in [1.54, 1.807) is 0 Å². The summed E-state index contributed by atoms with van der Waals surface area (Å²) < 4.78 is 0. The molecule has 4 aromatic carbocycles. The van der Waals surface area contributed by atoms with Crippen molar-refractivity contribution in [3.63, 3.8) is 0 Å². The van der Waals surface area contributed by atoms with E-state index in [0.717, 1.165) is 32.1 Å². The fourth-order valence-electron chi connectivity index (χ4n) is 4.99. The first kappa shape index (κ1) is 19.8. The summed E-state index contributed by atoms with van der Waals surface area (Å²) in [5, 5.41) is 0. The van der Waals surface area contributed by atoms with Crippen molar-refractivity contribution >= 4 is 0 Å². The van der Waals surface area contributed by atoms with Gasteiger partial charge in [-0.15, -0.1) is 0 Å². The summed E-state index contributed by atoms with van der Waals surface area (Å²) in [6, 6.07) is 36.3. The molecule has 0 fully saturated rings. The highest BCUT2D eigenvalue weighted by molar-refractivity contribution is 5.72. The Bertz CT molecular complexity index is 1150. The Labute approximate surface area is 186 Å². The third-order valence-electron chi connectivity index (χ3n) is 6.81. The van der Waals surface area contributed by atoms with Crippen LogP contribution < -0.4 is 0 Å². The smallest absolute Gasteiger partial charge is 0.00806 e. The van der Waals surface area contributed by atoms with Crippen molar-refractivity contribution in [2.75, 3.05) is 0 Å². The molecular weight excluding hydrogens is 372 g/mol. The Morgan fingerprint density at radius 2 is 1.19 bits per heavy atom. The monoisotopic (exact) mass is 402 g/mol. The molecule has 4 aromatic rings. The van der Waals surface area contributed by atoms with Gasteiger partial charge in [0.1, 0.15) is 0 Å². The maximum absolute atomic E-state index is 2.44. The molecular formula is C31H30. The van der Waals surface area contributed by atoms with Gasteiger partial charge in [0.2, 0.25) is 0 Å². The molecule has 1 atom stereocenters. The van der Waals surface area contributed by atoms with Crippen LogP contribution in [-0.2, 0) is 32.1 Å². The molecule has 0 heterocycles. The molecule has 5 rings (SSSR count). The standard InChI is InChI=1S/C31H30/c1-2-23-16-19-31-29(20-23)22-28(21-27-10-6-7-11-30(27)31)26-17-14-25(15-18-26)13-12-24-8-4-3-5-9-24/h3-11,14-20,28H,2,12-13,21-22H2,1H3. The van der Waals surface area contributed by atoms with E-state index in [1.807, 2.05) is 0 Å². The van der Waals surface area contributed by atoms with Crippen molar-refractivity contribution < 1.29 is 0 Å². The summed E-state index contributed by atoms with van der Waals surface area (Å²) in [4.78, 5) is 0. The number of aryl methyl sites for hydroxylation is 3. The fraction of sp³-hybridized carbons (Fsp3) is 0.226. The third-order valence-corrected chi connectivity index (χ3v) is 6.81. The molecule has 0 spiro atoms. The molecule has 0 heteroatoms. The molecule has 1 unspecified atom stereocenters. The first-order chi connectivity index (χ1) is 15.3. The van der Waals surface area contributed by atoms with Gasteiger partial charge in [0.05, 0.1) is 0 Å². The van der Waals surface area contributed by atoms with Gasteiger partial charge in [-0.25, -0.2) is 0 Å². The maximum Gasteiger partial charge on any atom is -0.00806 e. The fourth-order valence-corrected chi connectivity index (χ4v) is 4.99. The second-order valence-corrected chi connectivity index (χ2v) is 8.83. The normalized spacial score (nSPS) is 15.1. The summed E-state index contributed by atoms with van der Waals surface area (Å²) in [7, 11) is 0. The minimum atomic E-state index is 0.526. The van der Waals surface area contributed by atoms with Gasteiger partial charge in [0, 0.05) is 0 Å². The molecule has 0 nitrogen and oxygen atoms in total. The van der Waals surface area contributed by atoms with E-state index in [4.69, 9.17) is 0 Å². The largest absolute Gasteiger partial charge is 0.0622 e. The van der Waals surface area contributed by atoms with Gasteiger partial charge in [-0.05, 0) is 82.5 Å². The zero-order valence-corrected chi connectivity index (χ0v) is 18.4. The SMILES string of the molecule is CCc1ccc2c(c1)CC(c1ccc(CCc3ccccc3)cc1)Cc1ccccc1-2. The van der Waals surface area contributed by atoms with E-state index in [0.29, 0.717) is 5.92 Å². The van der Waals surface area contributed by atoms with E-state index in [1.165, 1.54) is 44.5 Å². The number of benzene rings is 4. The molecule has 0 aliphatic heterocycles. The van der Waals surface area contributed by atoms with Crippen LogP contribution in [0.15, 0.2) is 97.1 Å². The number of hydrogen-bond donors (Lipinski definition) is 0. The van der Waals surface area contributed by atoms with Crippen LogP contribution in [0, 0.1) is 0 Å². The summed E-state index contributed by atoms with van der Waals surface area (Å²) in [5.74, 6) is 0.526. The molecule has 0 saturated carbocycles. The van der Waals surface area contributed by atoms with Gasteiger partial charge in [0.25, 0.3) is 0 Å². The Balaban J connectivity index is 1.41. The van der Waals surface area contributed by atoms with Crippen molar-refractivity contribution in [3.05, 3.63) is 130 Å². The van der Waals surface area contributed by atoms with Crippen molar-refractivity contribution in [1.29, 1.82) is 0 Å². The van der Waals surface area contributed by atoms with E-state index in [2.05, 4.69) is 104 Å². The third kappa shape index (κ3) is 4.35. The Kier molecular flexibility index (Phi) is 5.71. The molecule has 1 aliphatic rings. The lowest BCUT2D eigenvalue weighted by molar-refractivity contribution is 0.687. The van der Waals surface area contributed by atoms with E-state index in [-0.39, 0.29) is 0 Å². The first-order valence-electron chi connectivity index (χ1n) is 11.6. The van der Waals surface area contributed by atoms with Gasteiger partial charge in [0.15, 0.2) is 0 Å². The second kappa shape index (κ2) is 8.94. The molecule has 0 saturated heterocycles. The van der Waals surface area contributed by atoms with Crippen LogP contribution in [0.3, 0.4) is 0 Å². The van der Waals surface area contributed by atoms with Crippen molar-refractivity contribution in [2.45, 2.75) is 44.9 Å². The first-order valence-corrected chi connectivity index (χ1v) is 11.6. The van der Waals surface area contributed by atoms with Crippen LogP contribution in [-0.4, -0.2) is 0 Å². The Morgan fingerprint density at radius 1 is 0.581 bits per heavy atom. The molecule has 0 radical (unpaired) electrons. The number of rotatable bonds is 5. The second-order valence-electron chi connectivity index (χ2n) is 8.83. The summed E-state index contributed by atoms with van der Waals surface area (Å²) in [6.07, 6.45) is 5.51. The lowest BCUT2D eigenvalue weighted by atomic mass is 9.87. The van der Waals surface area contributed by atoms with Gasteiger partial charge in [-0.2, -0.15) is 0 Å². The topological polar surface area (TPSA) is 0 Å². The number of hydrogen-bond acceptors (Lipinski definition) is 0. The quantitative estimate of drug-likeness (QED) is 0.323. The lowest BCUT2D eigenvalue weighted by Gasteiger charge is -2.17. The highest BCUT2D eigenvalue weighted by Gasteiger charge is 2.22. The summed E-state index contributed by atoms with van der Waals surface area (Å²) >= 11 is 0. The molecule has 0 bridgehead atoms.